The Hall–Kier alpha value is -1.39. The van der Waals surface area contributed by atoms with Crippen molar-refractivity contribution in [3.05, 3.63) is 35.4 Å². The molecular weight excluding hydrogens is 254 g/mol. The van der Waals surface area contributed by atoms with Gasteiger partial charge in [-0.1, -0.05) is 26.0 Å². The minimum absolute atomic E-state index is 0.0484. The molecule has 1 aromatic rings. The summed E-state index contributed by atoms with van der Waals surface area (Å²) in [6.45, 7) is 5.44. The van der Waals surface area contributed by atoms with Crippen molar-refractivity contribution >= 4 is 5.97 Å². The number of aromatic carboxylic acids is 1. The summed E-state index contributed by atoms with van der Waals surface area (Å²) in [5, 5.41) is 22.8. The maximum atomic E-state index is 10.8. The lowest BCUT2D eigenvalue weighted by Crippen LogP contribution is -2.48. The Morgan fingerprint density at radius 3 is 2.40 bits per heavy atom. The number of aliphatic hydroxyl groups is 1. The van der Waals surface area contributed by atoms with Gasteiger partial charge < -0.3 is 15.5 Å². The zero-order valence-corrected chi connectivity index (χ0v) is 12.1. The third kappa shape index (κ3) is 3.02. The number of hydrogen-bond acceptors (Lipinski definition) is 3. The molecule has 0 amide bonds. The second kappa shape index (κ2) is 5.54. The highest BCUT2D eigenvalue weighted by Gasteiger charge is 2.46. The standard InChI is InChI=1S/C16H23NO3/c1-15(2)8-3-9-16(15,20)11-17-10-12-4-6-13(7-5-12)14(18)19/h4-7,17,20H,3,8-11H2,1-2H3,(H,18,19). The van der Waals surface area contributed by atoms with Gasteiger partial charge in [-0.3, -0.25) is 0 Å². The molecule has 0 bridgehead atoms. The Morgan fingerprint density at radius 1 is 1.25 bits per heavy atom. The van der Waals surface area contributed by atoms with Crippen molar-refractivity contribution in [2.75, 3.05) is 6.54 Å². The summed E-state index contributed by atoms with van der Waals surface area (Å²) < 4.78 is 0. The van der Waals surface area contributed by atoms with Gasteiger partial charge in [0.25, 0.3) is 0 Å². The van der Waals surface area contributed by atoms with E-state index in [1.54, 1.807) is 24.3 Å². The second-order valence-electron chi connectivity index (χ2n) is 6.37. The highest BCUT2D eigenvalue weighted by atomic mass is 16.4. The van der Waals surface area contributed by atoms with E-state index in [0.29, 0.717) is 18.7 Å². The van der Waals surface area contributed by atoms with Crippen LogP contribution in [0.2, 0.25) is 0 Å². The summed E-state index contributed by atoms with van der Waals surface area (Å²) in [6.07, 6.45) is 2.96. The fraction of sp³-hybridized carbons (Fsp3) is 0.562. The van der Waals surface area contributed by atoms with Gasteiger partial charge in [0.05, 0.1) is 11.2 Å². The number of benzene rings is 1. The second-order valence-corrected chi connectivity index (χ2v) is 6.37. The highest BCUT2D eigenvalue weighted by molar-refractivity contribution is 5.87. The topological polar surface area (TPSA) is 69.6 Å². The van der Waals surface area contributed by atoms with Gasteiger partial charge in [-0.05, 0) is 42.4 Å². The van der Waals surface area contributed by atoms with Crippen LogP contribution in [0.5, 0.6) is 0 Å². The average Bonchev–Trinajstić information content (AvgIpc) is 2.64. The molecule has 20 heavy (non-hydrogen) atoms. The predicted octanol–water partition coefficient (Wildman–Crippen LogP) is 2.42. The van der Waals surface area contributed by atoms with E-state index < -0.39 is 11.6 Å². The SMILES string of the molecule is CC1(C)CCCC1(O)CNCc1ccc(C(=O)O)cc1. The Balaban J connectivity index is 1.88. The summed E-state index contributed by atoms with van der Waals surface area (Å²) in [5.74, 6) is -0.911. The van der Waals surface area contributed by atoms with E-state index in [2.05, 4.69) is 19.2 Å². The Morgan fingerprint density at radius 2 is 1.90 bits per heavy atom. The van der Waals surface area contributed by atoms with Crippen LogP contribution in [0.15, 0.2) is 24.3 Å². The molecule has 0 spiro atoms. The molecule has 4 nitrogen and oxygen atoms in total. The molecule has 0 heterocycles. The molecule has 0 radical (unpaired) electrons. The molecule has 1 aromatic carbocycles. The van der Waals surface area contributed by atoms with E-state index in [9.17, 15) is 9.90 Å². The average molecular weight is 277 g/mol. The number of carboxylic acids is 1. The lowest BCUT2D eigenvalue weighted by atomic mass is 9.78. The molecule has 0 aromatic heterocycles. The summed E-state index contributed by atoms with van der Waals surface area (Å²) in [4.78, 5) is 10.8. The summed E-state index contributed by atoms with van der Waals surface area (Å²) in [5.41, 5.74) is 0.625. The normalized spacial score (nSPS) is 24.8. The highest BCUT2D eigenvalue weighted by Crippen LogP contribution is 2.45. The first-order valence-corrected chi connectivity index (χ1v) is 7.09. The quantitative estimate of drug-likeness (QED) is 0.773. The molecule has 2 rings (SSSR count). The first kappa shape index (κ1) is 15.0. The Bertz CT molecular complexity index is 481. The maximum Gasteiger partial charge on any atom is 0.335 e. The van der Waals surface area contributed by atoms with Gasteiger partial charge in [0.2, 0.25) is 0 Å². The van der Waals surface area contributed by atoms with Crippen LogP contribution in [0.25, 0.3) is 0 Å². The van der Waals surface area contributed by atoms with Crippen molar-refractivity contribution in [2.45, 2.75) is 45.3 Å². The van der Waals surface area contributed by atoms with Crippen molar-refractivity contribution in [3.63, 3.8) is 0 Å². The first-order valence-electron chi connectivity index (χ1n) is 7.09. The van der Waals surface area contributed by atoms with Gasteiger partial charge in [-0.2, -0.15) is 0 Å². The van der Waals surface area contributed by atoms with Crippen LogP contribution >= 0.6 is 0 Å². The Kier molecular flexibility index (Phi) is 4.16. The molecule has 0 aliphatic heterocycles. The molecule has 1 saturated carbocycles. The fourth-order valence-electron chi connectivity index (χ4n) is 2.90. The van der Waals surface area contributed by atoms with E-state index in [4.69, 9.17) is 5.11 Å². The molecule has 1 fully saturated rings. The molecule has 1 aliphatic rings. The van der Waals surface area contributed by atoms with E-state index in [1.165, 1.54) is 0 Å². The minimum Gasteiger partial charge on any atom is -0.478 e. The van der Waals surface area contributed by atoms with Gasteiger partial charge in [0.15, 0.2) is 0 Å². The van der Waals surface area contributed by atoms with Crippen LogP contribution in [0.3, 0.4) is 0 Å². The van der Waals surface area contributed by atoms with Crippen LogP contribution < -0.4 is 5.32 Å². The molecule has 1 atom stereocenters. The summed E-state index contributed by atoms with van der Waals surface area (Å²) in [6, 6.07) is 6.82. The van der Waals surface area contributed by atoms with Crippen molar-refractivity contribution in [1.82, 2.24) is 5.32 Å². The predicted molar refractivity (Wildman–Crippen MR) is 77.7 cm³/mol. The molecule has 1 unspecified atom stereocenters. The number of carbonyl (C=O) groups is 1. The van der Waals surface area contributed by atoms with Gasteiger partial charge in [-0.25, -0.2) is 4.79 Å². The molecular formula is C16H23NO3. The molecule has 1 aliphatic carbocycles. The van der Waals surface area contributed by atoms with Crippen LogP contribution in [0.1, 0.15) is 49.0 Å². The van der Waals surface area contributed by atoms with Crippen LogP contribution in [0.4, 0.5) is 0 Å². The van der Waals surface area contributed by atoms with Crippen molar-refractivity contribution < 1.29 is 15.0 Å². The zero-order chi connectivity index (χ0) is 14.8. The smallest absolute Gasteiger partial charge is 0.335 e. The molecule has 110 valence electrons. The lowest BCUT2D eigenvalue weighted by Gasteiger charge is -2.37. The monoisotopic (exact) mass is 277 g/mol. The third-order valence-electron chi connectivity index (χ3n) is 4.60. The Labute approximate surface area is 119 Å². The fourth-order valence-corrected chi connectivity index (χ4v) is 2.90. The van der Waals surface area contributed by atoms with Crippen LogP contribution in [-0.4, -0.2) is 28.3 Å². The number of nitrogens with one attached hydrogen (secondary N) is 1. The van der Waals surface area contributed by atoms with Crippen molar-refractivity contribution in [2.24, 2.45) is 5.41 Å². The molecule has 4 heteroatoms. The van der Waals surface area contributed by atoms with E-state index in [-0.39, 0.29) is 5.41 Å². The van der Waals surface area contributed by atoms with Crippen LogP contribution in [-0.2, 0) is 6.54 Å². The van der Waals surface area contributed by atoms with E-state index in [1.807, 2.05) is 0 Å². The van der Waals surface area contributed by atoms with Gasteiger partial charge in [0, 0.05) is 13.1 Å². The van der Waals surface area contributed by atoms with E-state index in [0.717, 1.165) is 24.8 Å². The minimum atomic E-state index is -0.911. The maximum absolute atomic E-state index is 10.8. The summed E-state index contributed by atoms with van der Waals surface area (Å²) in [7, 11) is 0. The van der Waals surface area contributed by atoms with Crippen molar-refractivity contribution in [3.8, 4) is 0 Å². The number of hydrogen-bond donors (Lipinski definition) is 3. The largest absolute Gasteiger partial charge is 0.478 e. The molecule has 0 saturated heterocycles. The van der Waals surface area contributed by atoms with Crippen LogP contribution in [0, 0.1) is 5.41 Å². The zero-order valence-electron chi connectivity index (χ0n) is 12.1. The molecule has 3 N–H and O–H groups in total. The number of rotatable bonds is 5. The van der Waals surface area contributed by atoms with Gasteiger partial charge >= 0.3 is 5.97 Å². The van der Waals surface area contributed by atoms with Gasteiger partial charge in [-0.15, -0.1) is 0 Å². The third-order valence-corrected chi connectivity index (χ3v) is 4.60. The lowest BCUT2D eigenvalue weighted by molar-refractivity contribution is -0.0409. The van der Waals surface area contributed by atoms with E-state index >= 15 is 0 Å². The summed E-state index contributed by atoms with van der Waals surface area (Å²) >= 11 is 0. The van der Waals surface area contributed by atoms with Gasteiger partial charge in [0.1, 0.15) is 0 Å². The first-order chi connectivity index (χ1) is 9.34. The number of carboxylic acid groups (broad SMARTS) is 1. The van der Waals surface area contributed by atoms with Crippen molar-refractivity contribution in [1.29, 1.82) is 0 Å².